The van der Waals surface area contributed by atoms with Gasteiger partial charge in [0.05, 0.1) is 37.3 Å². The van der Waals surface area contributed by atoms with Gasteiger partial charge < -0.3 is 10.0 Å². The van der Waals surface area contributed by atoms with E-state index in [2.05, 4.69) is 26.5 Å². The van der Waals surface area contributed by atoms with Gasteiger partial charge in [0.1, 0.15) is 5.75 Å². The normalized spacial score (nSPS) is 16.1. The molecule has 0 bridgehead atoms. The minimum atomic E-state index is -3.51. The summed E-state index contributed by atoms with van der Waals surface area (Å²) in [5.41, 5.74) is 3.93. The number of sulfonamides is 1. The molecule has 30 heavy (non-hydrogen) atoms. The first-order valence-corrected chi connectivity index (χ1v) is 11.7. The number of hydrazone groups is 1. The number of nitrogens with zero attached hydrogens (tertiary/aromatic N) is 2. The molecule has 0 spiro atoms. The van der Waals surface area contributed by atoms with E-state index in [1.165, 1.54) is 16.6 Å². The number of nitrogens with one attached hydrogen (secondary N) is 2. The van der Waals surface area contributed by atoms with Gasteiger partial charge in [-0.1, -0.05) is 33.6 Å². The lowest BCUT2D eigenvalue weighted by atomic mass is 10.2. The fourth-order valence-electron chi connectivity index (χ4n) is 3.15. The number of benzene rings is 2. The van der Waals surface area contributed by atoms with Gasteiger partial charge in [0.2, 0.25) is 10.0 Å². The van der Waals surface area contributed by atoms with Gasteiger partial charge in [-0.15, -0.1) is 0 Å². The van der Waals surface area contributed by atoms with E-state index in [0.29, 0.717) is 36.6 Å². The largest absolute Gasteiger partial charge is 0.507 e. The predicted octanol–water partition coefficient (Wildman–Crippen LogP) is 0.503. The molecule has 3 rings (SSSR count). The summed E-state index contributed by atoms with van der Waals surface area (Å²) in [6.07, 6.45) is 1.37. The molecule has 1 saturated heterocycles. The molecule has 8 nitrogen and oxygen atoms in total. The van der Waals surface area contributed by atoms with Crippen LogP contribution in [0.1, 0.15) is 11.1 Å². The lowest BCUT2D eigenvalue weighted by Crippen LogP contribution is -3.15. The summed E-state index contributed by atoms with van der Waals surface area (Å²) in [4.78, 5) is 13.4. The van der Waals surface area contributed by atoms with Crippen LogP contribution >= 0.6 is 15.9 Å². The number of aryl methyl sites for hydroxylation is 1. The van der Waals surface area contributed by atoms with Crippen LogP contribution in [0.4, 0.5) is 0 Å². The van der Waals surface area contributed by atoms with E-state index >= 15 is 0 Å². The number of quaternary nitrogens is 1. The Balaban J connectivity index is 1.49. The monoisotopic (exact) mass is 495 g/mol. The molecule has 10 heteroatoms. The van der Waals surface area contributed by atoms with Crippen LogP contribution in [0.5, 0.6) is 5.75 Å². The van der Waals surface area contributed by atoms with Gasteiger partial charge in [-0.25, -0.2) is 13.8 Å². The number of rotatable bonds is 6. The Morgan fingerprint density at radius 1 is 1.23 bits per heavy atom. The predicted molar refractivity (Wildman–Crippen MR) is 117 cm³/mol. The molecule has 1 aliphatic heterocycles. The summed E-state index contributed by atoms with van der Waals surface area (Å²) in [5.74, 6) is -0.210. The topological polar surface area (TPSA) is 104 Å². The lowest BCUT2D eigenvalue weighted by Gasteiger charge is -2.31. The van der Waals surface area contributed by atoms with Crippen molar-refractivity contribution in [3.63, 3.8) is 0 Å². The zero-order chi connectivity index (χ0) is 21.7. The van der Waals surface area contributed by atoms with E-state index in [1.807, 2.05) is 6.92 Å². The fourth-order valence-corrected chi connectivity index (χ4v) is 4.97. The van der Waals surface area contributed by atoms with Crippen LogP contribution in [0.25, 0.3) is 0 Å². The number of carbonyl (C=O) groups is 1. The van der Waals surface area contributed by atoms with Gasteiger partial charge in [-0.3, -0.25) is 4.79 Å². The number of carbonyl (C=O) groups excluding carboxylic acids is 1. The SMILES string of the molecule is Cc1ccc(S(=O)(=O)N2CC[NH+](CC(=O)N/N=C/c3cc(Br)ccc3O)CC2)cc1. The maximum atomic E-state index is 12.7. The van der Waals surface area contributed by atoms with Crippen molar-refractivity contribution in [3.05, 3.63) is 58.1 Å². The second-order valence-electron chi connectivity index (χ2n) is 7.14. The summed E-state index contributed by atoms with van der Waals surface area (Å²) >= 11 is 3.31. The molecule has 160 valence electrons. The summed E-state index contributed by atoms with van der Waals surface area (Å²) in [7, 11) is -3.51. The molecule has 0 atom stereocenters. The Labute approximate surface area is 184 Å². The van der Waals surface area contributed by atoms with Gasteiger partial charge >= 0.3 is 0 Å². The molecule has 0 aromatic heterocycles. The van der Waals surface area contributed by atoms with Crippen molar-refractivity contribution in [2.45, 2.75) is 11.8 Å². The number of hydrogen-bond acceptors (Lipinski definition) is 5. The number of hydrogen-bond donors (Lipinski definition) is 3. The molecule has 1 aliphatic rings. The average Bonchev–Trinajstić information content (AvgIpc) is 2.71. The van der Waals surface area contributed by atoms with Gasteiger partial charge in [0.25, 0.3) is 5.91 Å². The molecular weight excluding hydrogens is 472 g/mol. The number of halogens is 1. The first-order chi connectivity index (χ1) is 14.3. The quantitative estimate of drug-likeness (QED) is 0.401. The highest BCUT2D eigenvalue weighted by molar-refractivity contribution is 9.10. The van der Waals surface area contributed by atoms with E-state index in [9.17, 15) is 18.3 Å². The second-order valence-corrected chi connectivity index (χ2v) is 9.99. The lowest BCUT2D eigenvalue weighted by molar-refractivity contribution is -0.895. The standard InChI is InChI=1S/C20H23BrN4O4S/c1-15-2-5-18(6-3-15)30(28,29)25-10-8-24(9-11-25)14-20(27)23-22-13-16-12-17(21)4-7-19(16)26/h2-7,12-13,26H,8-11,14H2,1H3,(H,23,27)/p+1/b22-13+. The van der Waals surface area contributed by atoms with Crippen molar-refractivity contribution in [2.75, 3.05) is 32.7 Å². The average molecular weight is 496 g/mol. The van der Waals surface area contributed by atoms with Gasteiger partial charge in [-0.05, 0) is 37.3 Å². The van der Waals surface area contributed by atoms with Crippen LogP contribution in [0.2, 0.25) is 0 Å². The molecule has 3 N–H and O–H groups in total. The molecule has 1 fully saturated rings. The maximum absolute atomic E-state index is 12.7. The molecule has 0 saturated carbocycles. The Morgan fingerprint density at radius 2 is 1.90 bits per heavy atom. The summed E-state index contributed by atoms with van der Waals surface area (Å²) in [6, 6.07) is 11.7. The van der Waals surface area contributed by atoms with E-state index in [0.717, 1.165) is 14.9 Å². The highest BCUT2D eigenvalue weighted by Gasteiger charge is 2.31. The molecule has 0 aliphatic carbocycles. The number of amides is 1. The first-order valence-electron chi connectivity index (χ1n) is 9.46. The van der Waals surface area contributed by atoms with E-state index in [1.54, 1.807) is 36.4 Å². The van der Waals surface area contributed by atoms with Crippen molar-refractivity contribution in [2.24, 2.45) is 5.10 Å². The third kappa shape index (κ3) is 5.66. The van der Waals surface area contributed by atoms with Crippen LogP contribution in [0.15, 0.2) is 56.9 Å². The molecule has 1 heterocycles. The van der Waals surface area contributed by atoms with Crippen LogP contribution in [-0.2, 0) is 14.8 Å². The van der Waals surface area contributed by atoms with Crippen LogP contribution in [-0.4, -0.2) is 62.7 Å². The zero-order valence-electron chi connectivity index (χ0n) is 16.5. The zero-order valence-corrected chi connectivity index (χ0v) is 18.9. The van der Waals surface area contributed by atoms with Crippen molar-refractivity contribution in [3.8, 4) is 5.75 Å². The molecule has 1 amide bonds. The van der Waals surface area contributed by atoms with Crippen molar-refractivity contribution in [1.82, 2.24) is 9.73 Å². The Morgan fingerprint density at radius 3 is 2.57 bits per heavy atom. The minimum absolute atomic E-state index is 0.0627. The van der Waals surface area contributed by atoms with E-state index in [-0.39, 0.29) is 18.2 Å². The fraction of sp³-hybridized carbons (Fsp3) is 0.300. The second kappa shape index (κ2) is 9.69. The van der Waals surface area contributed by atoms with E-state index in [4.69, 9.17) is 0 Å². The highest BCUT2D eigenvalue weighted by Crippen LogP contribution is 2.20. The summed E-state index contributed by atoms with van der Waals surface area (Å²) in [5, 5.41) is 13.6. The van der Waals surface area contributed by atoms with Crippen LogP contribution < -0.4 is 10.3 Å². The van der Waals surface area contributed by atoms with E-state index < -0.39 is 10.0 Å². The maximum Gasteiger partial charge on any atom is 0.295 e. The Kier molecular flexibility index (Phi) is 7.24. The van der Waals surface area contributed by atoms with Crippen molar-refractivity contribution >= 4 is 38.1 Å². The van der Waals surface area contributed by atoms with Crippen molar-refractivity contribution in [1.29, 1.82) is 0 Å². The number of phenolic OH excluding ortho intramolecular Hbond substituents is 1. The smallest absolute Gasteiger partial charge is 0.295 e. The molecule has 0 radical (unpaired) electrons. The van der Waals surface area contributed by atoms with Crippen molar-refractivity contribution < 1.29 is 23.2 Å². The molecule has 2 aromatic carbocycles. The van der Waals surface area contributed by atoms with Crippen LogP contribution in [0.3, 0.4) is 0 Å². The Hall–Kier alpha value is -2.27. The molecule has 2 aromatic rings. The highest BCUT2D eigenvalue weighted by atomic mass is 79.9. The molecular formula is C20H24BrN4O4S+. The summed E-state index contributed by atoms with van der Waals surface area (Å²) < 4.78 is 27.8. The van der Waals surface area contributed by atoms with Gasteiger partial charge in [0, 0.05) is 10.0 Å². The number of piperazine rings is 1. The number of phenols is 1. The van der Waals surface area contributed by atoms with Gasteiger partial charge in [0.15, 0.2) is 6.54 Å². The van der Waals surface area contributed by atoms with Crippen LogP contribution in [0, 0.1) is 6.92 Å². The third-order valence-corrected chi connectivity index (χ3v) is 7.29. The van der Waals surface area contributed by atoms with Gasteiger partial charge in [-0.2, -0.15) is 9.41 Å². The number of aromatic hydroxyl groups is 1. The molecule has 0 unspecified atom stereocenters. The third-order valence-electron chi connectivity index (χ3n) is 4.88. The minimum Gasteiger partial charge on any atom is -0.507 e. The first kappa shape index (κ1) is 22.4. The summed E-state index contributed by atoms with van der Waals surface area (Å²) in [6.45, 7) is 3.89. The Bertz CT molecular complexity index is 1030.